The Balaban J connectivity index is 2.26. The zero-order chi connectivity index (χ0) is 27.0. The molecule has 0 aromatic heterocycles. The van der Waals surface area contributed by atoms with E-state index in [1.165, 1.54) is 9.21 Å². The van der Waals surface area contributed by atoms with E-state index in [0.717, 1.165) is 11.8 Å². The van der Waals surface area contributed by atoms with Crippen molar-refractivity contribution < 1.29 is 18.0 Å². The number of hydrogen-bond acceptors (Lipinski definition) is 4. The van der Waals surface area contributed by atoms with Crippen molar-refractivity contribution in [2.75, 3.05) is 17.1 Å². The smallest absolute Gasteiger partial charge is 0.243 e. The first-order valence-electron chi connectivity index (χ1n) is 11.9. The zero-order valence-electron chi connectivity index (χ0n) is 21.4. The van der Waals surface area contributed by atoms with Crippen molar-refractivity contribution >= 4 is 50.7 Å². The van der Waals surface area contributed by atoms with Crippen LogP contribution in [0.1, 0.15) is 51.2 Å². The van der Waals surface area contributed by atoms with Crippen LogP contribution < -0.4 is 9.62 Å². The number of nitrogens with zero attached hydrogens (tertiary/aromatic N) is 2. The first-order chi connectivity index (χ1) is 16.8. The fourth-order valence-corrected chi connectivity index (χ4v) is 5.35. The molecule has 36 heavy (non-hydrogen) atoms. The molecular formula is C26H35Cl2N3O4S. The average molecular weight is 557 g/mol. The maximum Gasteiger partial charge on any atom is 0.243 e. The van der Waals surface area contributed by atoms with E-state index in [1.54, 1.807) is 36.4 Å². The molecule has 2 amide bonds. The Hall–Kier alpha value is -2.29. The van der Waals surface area contributed by atoms with E-state index in [-0.39, 0.29) is 43.8 Å². The molecular weight excluding hydrogens is 521 g/mol. The molecule has 0 radical (unpaired) electrons. The van der Waals surface area contributed by atoms with Crippen LogP contribution in [-0.4, -0.2) is 50.0 Å². The fourth-order valence-electron chi connectivity index (χ4n) is 3.92. The van der Waals surface area contributed by atoms with Gasteiger partial charge in [0.25, 0.3) is 0 Å². The van der Waals surface area contributed by atoms with Crippen LogP contribution in [-0.2, 0) is 26.2 Å². The molecule has 198 valence electrons. The SMILES string of the molecule is CCC(C(=O)NC(C)C)N(Cc1ccc(Cl)cc1Cl)C(=O)CCCN(c1cccc(C)c1)S(C)(=O)=O. The molecule has 0 heterocycles. The van der Waals surface area contributed by atoms with Crippen LogP contribution in [0.3, 0.4) is 0 Å². The van der Waals surface area contributed by atoms with Crippen LogP contribution in [0.5, 0.6) is 0 Å². The lowest BCUT2D eigenvalue weighted by Gasteiger charge is -2.32. The summed E-state index contributed by atoms with van der Waals surface area (Å²) in [5.74, 6) is -0.507. The molecule has 0 bridgehead atoms. The third-order valence-corrected chi connectivity index (χ3v) is 7.40. The molecule has 0 aliphatic rings. The van der Waals surface area contributed by atoms with E-state index in [2.05, 4.69) is 5.32 Å². The van der Waals surface area contributed by atoms with Crippen LogP contribution >= 0.6 is 23.2 Å². The Kier molecular flexibility index (Phi) is 11.1. The highest BCUT2D eigenvalue weighted by Gasteiger charge is 2.29. The maximum atomic E-state index is 13.4. The highest BCUT2D eigenvalue weighted by atomic mass is 35.5. The molecule has 0 aliphatic carbocycles. The fraction of sp³-hybridized carbons (Fsp3) is 0.462. The van der Waals surface area contributed by atoms with Gasteiger partial charge in [0.15, 0.2) is 0 Å². The van der Waals surface area contributed by atoms with Gasteiger partial charge in [0.05, 0.1) is 11.9 Å². The monoisotopic (exact) mass is 555 g/mol. The van der Waals surface area contributed by atoms with Gasteiger partial charge in [-0.05, 0) is 69.0 Å². The summed E-state index contributed by atoms with van der Waals surface area (Å²) in [6, 6.07) is 11.4. The first-order valence-corrected chi connectivity index (χ1v) is 14.5. The van der Waals surface area contributed by atoms with E-state index in [1.807, 2.05) is 33.8 Å². The summed E-state index contributed by atoms with van der Waals surface area (Å²) >= 11 is 12.4. The quantitative estimate of drug-likeness (QED) is 0.391. The number of carbonyl (C=O) groups excluding carboxylic acids is 2. The highest BCUT2D eigenvalue weighted by Crippen LogP contribution is 2.25. The predicted octanol–water partition coefficient (Wildman–Crippen LogP) is 5.18. The number of nitrogens with one attached hydrogen (secondary N) is 1. The van der Waals surface area contributed by atoms with E-state index in [0.29, 0.717) is 27.7 Å². The number of sulfonamides is 1. The van der Waals surface area contributed by atoms with Crippen molar-refractivity contribution in [1.29, 1.82) is 0 Å². The third kappa shape index (κ3) is 8.68. The molecule has 10 heteroatoms. The Morgan fingerprint density at radius 3 is 2.33 bits per heavy atom. The number of carbonyl (C=O) groups is 2. The Labute approximate surface area is 224 Å². The van der Waals surface area contributed by atoms with Crippen LogP contribution in [0.2, 0.25) is 10.0 Å². The minimum Gasteiger partial charge on any atom is -0.352 e. The van der Waals surface area contributed by atoms with Crippen LogP contribution in [0.15, 0.2) is 42.5 Å². The summed E-state index contributed by atoms with van der Waals surface area (Å²) in [6.07, 6.45) is 1.91. The number of rotatable bonds is 12. The molecule has 0 fully saturated rings. The summed E-state index contributed by atoms with van der Waals surface area (Å²) in [5, 5.41) is 3.77. The number of hydrogen-bond donors (Lipinski definition) is 1. The summed E-state index contributed by atoms with van der Waals surface area (Å²) < 4.78 is 26.2. The second-order valence-electron chi connectivity index (χ2n) is 9.12. The molecule has 1 N–H and O–H groups in total. The van der Waals surface area contributed by atoms with Gasteiger partial charge < -0.3 is 10.2 Å². The Bertz CT molecular complexity index is 1170. The van der Waals surface area contributed by atoms with Crippen molar-refractivity contribution in [3.63, 3.8) is 0 Å². The van der Waals surface area contributed by atoms with Crippen molar-refractivity contribution in [2.24, 2.45) is 0 Å². The van der Waals surface area contributed by atoms with E-state index in [9.17, 15) is 18.0 Å². The zero-order valence-corrected chi connectivity index (χ0v) is 23.8. The lowest BCUT2D eigenvalue weighted by atomic mass is 10.1. The number of anilines is 1. The third-order valence-electron chi connectivity index (χ3n) is 5.61. The largest absolute Gasteiger partial charge is 0.352 e. The van der Waals surface area contributed by atoms with Crippen molar-refractivity contribution in [3.05, 3.63) is 63.6 Å². The minimum absolute atomic E-state index is 0.0640. The van der Waals surface area contributed by atoms with E-state index in [4.69, 9.17) is 23.2 Å². The van der Waals surface area contributed by atoms with E-state index >= 15 is 0 Å². The first kappa shape index (κ1) is 29.9. The molecule has 2 aromatic carbocycles. The van der Waals surface area contributed by atoms with Gasteiger partial charge >= 0.3 is 0 Å². The number of benzene rings is 2. The molecule has 2 aromatic rings. The predicted molar refractivity (Wildman–Crippen MR) is 147 cm³/mol. The summed E-state index contributed by atoms with van der Waals surface area (Å²) in [7, 11) is -3.54. The van der Waals surface area contributed by atoms with Crippen molar-refractivity contribution in [1.82, 2.24) is 10.2 Å². The molecule has 1 unspecified atom stereocenters. The number of amides is 2. The molecule has 0 saturated carbocycles. The summed E-state index contributed by atoms with van der Waals surface area (Å²) in [6.45, 7) is 7.72. The summed E-state index contributed by atoms with van der Waals surface area (Å²) in [4.78, 5) is 27.9. The molecule has 7 nitrogen and oxygen atoms in total. The molecule has 2 rings (SSSR count). The Morgan fingerprint density at radius 2 is 1.78 bits per heavy atom. The molecule has 0 saturated heterocycles. The van der Waals surface area contributed by atoms with Crippen molar-refractivity contribution in [3.8, 4) is 0 Å². The normalized spacial score (nSPS) is 12.3. The van der Waals surface area contributed by atoms with Crippen LogP contribution in [0, 0.1) is 6.92 Å². The topological polar surface area (TPSA) is 86.8 Å². The second-order valence-corrected chi connectivity index (χ2v) is 11.9. The lowest BCUT2D eigenvalue weighted by Crippen LogP contribution is -2.50. The van der Waals surface area contributed by atoms with Gasteiger partial charge in [0, 0.05) is 35.6 Å². The van der Waals surface area contributed by atoms with Gasteiger partial charge in [-0.3, -0.25) is 13.9 Å². The molecule has 1 atom stereocenters. The van der Waals surface area contributed by atoms with Gasteiger partial charge in [-0.15, -0.1) is 0 Å². The maximum absolute atomic E-state index is 13.4. The molecule has 0 spiro atoms. The van der Waals surface area contributed by atoms with Gasteiger partial charge in [-0.2, -0.15) is 0 Å². The second kappa shape index (κ2) is 13.3. The standard InChI is InChI=1S/C26H35Cl2N3O4S/c1-6-24(26(33)29-18(2)3)30(17-20-12-13-21(27)16-23(20)28)25(32)11-8-14-31(36(5,34)35)22-10-7-9-19(4)15-22/h7,9-10,12-13,15-16,18,24H,6,8,11,14,17H2,1-5H3,(H,29,33). The molecule has 0 aliphatic heterocycles. The van der Waals surface area contributed by atoms with E-state index < -0.39 is 16.1 Å². The average Bonchev–Trinajstić information content (AvgIpc) is 2.76. The van der Waals surface area contributed by atoms with Gasteiger partial charge in [0.2, 0.25) is 21.8 Å². The van der Waals surface area contributed by atoms with Crippen LogP contribution in [0.25, 0.3) is 0 Å². The number of halogens is 2. The minimum atomic E-state index is -3.54. The summed E-state index contributed by atoms with van der Waals surface area (Å²) in [5.41, 5.74) is 2.16. The number of aryl methyl sites for hydroxylation is 1. The highest BCUT2D eigenvalue weighted by molar-refractivity contribution is 7.92. The lowest BCUT2D eigenvalue weighted by molar-refractivity contribution is -0.141. The Morgan fingerprint density at radius 1 is 1.08 bits per heavy atom. The van der Waals surface area contributed by atoms with Gasteiger partial charge in [-0.25, -0.2) is 8.42 Å². The van der Waals surface area contributed by atoms with Gasteiger partial charge in [0.1, 0.15) is 6.04 Å². The van der Waals surface area contributed by atoms with Gasteiger partial charge in [-0.1, -0.05) is 48.3 Å². The van der Waals surface area contributed by atoms with Crippen molar-refractivity contribution in [2.45, 2.75) is 65.6 Å². The van der Waals surface area contributed by atoms with Crippen LogP contribution in [0.4, 0.5) is 5.69 Å².